The highest BCUT2D eigenvalue weighted by atomic mass is 35.5. The van der Waals surface area contributed by atoms with E-state index < -0.39 is 0 Å². The molecule has 0 radical (unpaired) electrons. The van der Waals surface area contributed by atoms with Crippen LogP contribution < -0.4 is 0 Å². The monoisotopic (exact) mass is 204 g/mol. The molecule has 0 aliphatic carbocycles. The van der Waals surface area contributed by atoms with Gasteiger partial charge in [0.1, 0.15) is 5.82 Å². The summed E-state index contributed by atoms with van der Waals surface area (Å²) >= 11 is 9.69. The number of hydrogen-bond donors (Lipinski definition) is 1. The standard InChI is InChI=1S/C9H10ClFS/c10-8-6-7(2-1-5-12)3-4-9(8)11/h3-4,6,12H,1-2,5H2. The largest absolute Gasteiger partial charge is 0.205 e. The van der Waals surface area contributed by atoms with Crippen LogP contribution in [0.15, 0.2) is 18.2 Å². The zero-order chi connectivity index (χ0) is 8.97. The molecule has 1 rings (SSSR count). The maximum atomic E-state index is 12.7. The first-order valence-corrected chi connectivity index (χ1v) is 4.80. The van der Waals surface area contributed by atoms with Gasteiger partial charge in [-0.05, 0) is 36.3 Å². The van der Waals surface area contributed by atoms with E-state index >= 15 is 0 Å². The molecule has 0 amide bonds. The average Bonchev–Trinajstić information content (AvgIpc) is 2.07. The normalized spacial score (nSPS) is 10.2. The van der Waals surface area contributed by atoms with E-state index in [4.69, 9.17) is 11.6 Å². The maximum Gasteiger partial charge on any atom is 0.141 e. The lowest BCUT2D eigenvalue weighted by Gasteiger charge is -2.00. The Balaban J connectivity index is 2.69. The van der Waals surface area contributed by atoms with Crippen LogP contribution >= 0.6 is 24.2 Å². The van der Waals surface area contributed by atoms with Crippen LogP contribution in [-0.2, 0) is 6.42 Å². The van der Waals surface area contributed by atoms with Gasteiger partial charge in [-0.2, -0.15) is 12.6 Å². The molecule has 66 valence electrons. The summed E-state index contributed by atoms with van der Waals surface area (Å²) in [5.41, 5.74) is 1.07. The number of thiol groups is 1. The molecule has 3 heteroatoms. The highest BCUT2D eigenvalue weighted by Crippen LogP contribution is 2.16. The Morgan fingerprint density at radius 3 is 2.75 bits per heavy atom. The van der Waals surface area contributed by atoms with Crippen LogP contribution in [-0.4, -0.2) is 5.75 Å². The van der Waals surface area contributed by atoms with E-state index in [-0.39, 0.29) is 10.8 Å². The summed E-state index contributed by atoms with van der Waals surface area (Å²) in [6.45, 7) is 0. The molecule has 0 saturated carbocycles. The van der Waals surface area contributed by atoms with Gasteiger partial charge < -0.3 is 0 Å². The summed E-state index contributed by atoms with van der Waals surface area (Å²) < 4.78 is 12.7. The van der Waals surface area contributed by atoms with E-state index in [0.29, 0.717) is 0 Å². The topological polar surface area (TPSA) is 0 Å². The number of aryl methyl sites for hydroxylation is 1. The molecular formula is C9H10ClFS. The van der Waals surface area contributed by atoms with Crippen molar-refractivity contribution < 1.29 is 4.39 Å². The Labute approximate surface area is 82.2 Å². The predicted octanol–water partition coefficient (Wildman–Crippen LogP) is 3.34. The Morgan fingerprint density at radius 2 is 2.17 bits per heavy atom. The Bertz CT molecular complexity index is 263. The summed E-state index contributed by atoms with van der Waals surface area (Å²) in [5, 5.41) is 0.201. The van der Waals surface area contributed by atoms with Gasteiger partial charge >= 0.3 is 0 Å². The van der Waals surface area contributed by atoms with Crippen molar-refractivity contribution in [3.05, 3.63) is 34.6 Å². The molecule has 0 unspecified atom stereocenters. The third-order valence-corrected chi connectivity index (χ3v) is 2.21. The van der Waals surface area contributed by atoms with Gasteiger partial charge in [-0.1, -0.05) is 17.7 Å². The fourth-order valence-corrected chi connectivity index (χ4v) is 1.34. The molecule has 0 heterocycles. The molecule has 0 nitrogen and oxygen atoms in total. The van der Waals surface area contributed by atoms with E-state index in [2.05, 4.69) is 12.6 Å². The van der Waals surface area contributed by atoms with Crippen molar-refractivity contribution in [2.45, 2.75) is 12.8 Å². The van der Waals surface area contributed by atoms with Crippen molar-refractivity contribution in [2.24, 2.45) is 0 Å². The highest BCUT2D eigenvalue weighted by Gasteiger charge is 1.99. The minimum Gasteiger partial charge on any atom is -0.205 e. The maximum absolute atomic E-state index is 12.7. The molecule has 1 aromatic rings. The van der Waals surface area contributed by atoms with E-state index in [9.17, 15) is 4.39 Å². The first-order valence-electron chi connectivity index (χ1n) is 3.79. The van der Waals surface area contributed by atoms with Crippen LogP contribution in [0.25, 0.3) is 0 Å². The summed E-state index contributed by atoms with van der Waals surface area (Å²) in [6, 6.07) is 4.82. The number of halogens is 2. The Morgan fingerprint density at radius 1 is 1.42 bits per heavy atom. The Kier molecular flexibility index (Phi) is 3.89. The molecule has 0 N–H and O–H groups in total. The smallest absolute Gasteiger partial charge is 0.141 e. The number of rotatable bonds is 3. The first kappa shape index (κ1) is 9.87. The van der Waals surface area contributed by atoms with E-state index in [0.717, 1.165) is 24.2 Å². The van der Waals surface area contributed by atoms with E-state index in [1.807, 2.05) is 0 Å². The first-order chi connectivity index (χ1) is 5.74. The zero-order valence-electron chi connectivity index (χ0n) is 6.56. The molecular weight excluding hydrogens is 195 g/mol. The summed E-state index contributed by atoms with van der Waals surface area (Å²) in [5.74, 6) is 0.487. The van der Waals surface area contributed by atoms with Gasteiger partial charge in [-0.25, -0.2) is 4.39 Å². The highest BCUT2D eigenvalue weighted by molar-refractivity contribution is 7.80. The van der Waals surface area contributed by atoms with E-state index in [1.54, 1.807) is 12.1 Å². The molecule has 0 saturated heterocycles. The van der Waals surface area contributed by atoms with Crippen LogP contribution in [0.4, 0.5) is 4.39 Å². The number of hydrogen-bond acceptors (Lipinski definition) is 1. The number of benzene rings is 1. The molecule has 0 aliphatic rings. The molecule has 0 aromatic heterocycles. The molecule has 0 spiro atoms. The second kappa shape index (κ2) is 4.73. The van der Waals surface area contributed by atoms with Gasteiger partial charge in [0.25, 0.3) is 0 Å². The SMILES string of the molecule is Fc1ccc(CCCS)cc1Cl. The van der Waals surface area contributed by atoms with Crippen LogP contribution in [0.3, 0.4) is 0 Å². The summed E-state index contributed by atoms with van der Waals surface area (Å²) in [6.07, 6.45) is 1.90. The molecule has 0 aliphatic heterocycles. The third-order valence-electron chi connectivity index (χ3n) is 1.61. The lowest BCUT2D eigenvalue weighted by Crippen LogP contribution is -1.87. The van der Waals surface area contributed by atoms with Gasteiger partial charge in [0.2, 0.25) is 0 Å². The van der Waals surface area contributed by atoms with Gasteiger partial charge in [-0.3, -0.25) is 0 Å². The van der Waals surface area contributed by atoms with Gasteiger partial charge in [-0.15, -0.1) is 0 Å². The summed E-state index contributed by atoms with van der Waals surface area (Å²) in [7, 11) is 0. The minimum absolute atomic E-state index is 0.201. The van der Waals surface area contributed by atoms with Gasteiger partial charge in [0, 0.05) is 0 Å². The molecule has 0 fully saturated rings. The lowest BCUT2D eigenvalue weighted by molar-refractivity contribution is 0.627. The van der Waals surface area contributed by atoms with Crippen molar-refractivity contribution >= 4 is 24.2 Å². The molecule has 0 bridgehead atoms. The second-order valence-corrected chi connectivity index (χ2v) is 3.43. The molecule has 1 aromatic carbocycles. The minimum atomic E-state index is -0.355. The van der Waals surface area contributed by atoms with Crippen molar-refractivity contribution in [1.82, 2.24) is 0 Å². The fraction of sp³-hybridized carbons (Fsp3) is 0.333. The van der Waals surface area contributed by atoms with Crippen molar-refractivity contribution in [3.8, 4) is 0 Å². The summed E-state index contributed by atoms with van der Waals surface area (Å²) in [4.78, 5) is 0. The fourth-order valence-electron chi connectivity index (χ4n) is 0.978. The van der Waals surface area contributed by atoms with Crippen LogP contribution in [0, 0.1) is 5.82 Å². The lowest BCUT2D eigenvalue weighted by atomic mass is 10.1. The van der Waals surface area contributed by atoms with Crippen molar-refractivity contribution in [2.75, 3.05) is 5.75 Å². The molecule has 0 atom stereocenters. The zero-order valence-corrected chi connectivity index (χ0v) is 8.21. The quantitative estimate of drug-likeness (QED) is 0.718. The Hall–Kier alpha value is -0.210. The van der Waals surface area contributed by atoms with Gasteiger partial charge in [0.15, 0.2) is 0 Å². The average molecular weight is 205 g/mol. The van der Waals surface area contributed by atoms with Crippen LogP contribution in [0.1, 0.15) is 12.0 Å². The van der Waals surface area contributed by atoms with Crippen LogP contribution in [0.5, 0.6) is 0 Å². The van der Waals surface area contributed by atoms with Crippen molar-refractivity contribution in [1.29, 1.82) is 0 Å². The van der Waals surface area contributed by atoms with E-state index in [1.165, 1.54) is 6.07 Å². The predicted molar refractivity (Wildman–Crippen MR) is 53.6 cm³/mol. The second-order valence-electron chi connectivity index (χ2n) is 2.58. The molecule has 12 heavy (non-hydrogen) atoms. The van der Waals surface area contributed by atoms with Gasteiger partial charge in [0.05, 0.1) is 5.02 Å². The van der Waals surface area contributed by atoms with Crippen molar-refractivity contribution in [3.63, 3.8) is 0 Å². The third kappa shape index (κ3) is 2.68. The van der Waals surface area contributed by atoms with Crippen LogP contribution in [0.2, 0.25) is 5.02 Å².